The highest BCUT2D eigenvalue weighted by atomic mass is 32.1. The summed E-state index contributed by atoms with van der Waals surface area (Å²) in [6, 6.07) is 2.13. The molecular formula is C11H16N4S. The SMILES string of the molecule is CN(CC1CCCC1)c1snc(N)c1C#N. The van der Waals surface area contributed by atoms with Gasteiger partial charge in [-0.1, -0.05) is 12.8 Å². The van der Waals surface area contributed by atoms with E-state index in [1.165, 1.54) is 37.2 Å². The molecule has 0 unspecified atom stereocenters. The molecule has 0 amide bonds. The zero-order valence-corrected chi connectivity index (χ0v) is 10.3. The van der Waals surface area contributed by atoms with Crippen LogP contribution >= 0.6 is 11.5 Å². The van der Waals surface area contributed by atoms with E-state index in [2.05, 4.69) is 15.3 Å². The maximum atomic E-state index is 9.01. The monoisotopic (exact) mass is 236 g/mol. The van der Waals surface area contributed by atoms with Gasteiger partial charge in [0.05, 0.1) is 0 Å². The van der Waals surface area contributed by atoms with Gasteiger partial charge in [0.15, 0.2) is 5.82 Å². The Labute approximate surface area is 99.8 Å². The first-order valence-electron chi connectivity index (χ1n) is 5.58. The number of aromatic nitrogens is 1. The van der Waals surface area contributed by atoms with Crippen molar-refractivity contribution in [1.29, 1.82) is 5.26 Å². The molecule has 1 fully saturated rings. The number of nitriles is 1. The van der Waals surface area contributed by atoms with Crippen molar-refractivity contribution in [2.24, 2.45) is 5.92 Å². The molecule has 1 aliphatic carbocycles. The fourth-order valence-corrected chi connectivity index (χ4v) is 3.05. The number of nitrogens with two attached hydrogens (primary N) is 1. The van der Waals surface area contributed by atoms with Crippen LogP contribution in [0.15, 0.2) is 0 Å². The smallest absolute Gasteiger partial charge is 0.157 e. The summed E-state index contributed by atoms with van der Waals surface area (Å²) in [5, 5.41) is 9.92. The number of hydrogen-bond acceptors (Lipinski definition) is 5. The molecule has 0 spiro atoms. The Balaban J connectivity index is 2.08. The lowest BCUT2D eigenvalue weighted by Gasteiger charge is -2.21. The van der Waals surface area contributed by atoms with Crippen LogP contribution in [0.5, 0.6) is 0 Å². The van der Waals surface area contributed by atoms with Gasteiger partial charge < -0.3 is 10.6 Å². The maximum Gasteiger partial charge on any atom is 0.157 e. The normalized spacial score (nSPS) is 16.2. The van der Waals surface area contributed by atoms with Gasteiger partial charge in [-0.05, 0) is 30.3 Å². The second-order valence-electron chi connectivity index (χ2n) is 4.39. The van der Waals surface area contributed by atoms with Gasteiger partial charge in [0, 0.05) is 13.6 Å². The third-order valence-electron chi connectivity index (χ3n) is 3.17. The highest BCUT2D eigenvalue weighted by molar-refractivity contribution is 7.10. The first kappa shape index (κ1) is 11.2. The standard InChI is InChI=1S/C11H16N4S/c1-15(7-8-4-2-3-5-8)11-9(6-12)10(13)14-16-11/h8H,2-5,7H2,1H3,(H2,13,14). The van der Waals surface area contributed by atoms with E-state index in [1.54, 1.807) is 0 Å². The quantitative estimate of drug-likeness (QED) is 0.874. The molecule has 16 heavy (non-hydrogen) atoms. The van der Waals surface area contributed by atoms with Crippen molar-refractivity contribution >= 4 is 22.4 Å². The first-order valence-corrected chi connectivity index (χ1v) is 6.36. The highest BCUT2D eigenvalue weighted by Gasteiger charge is 2.20. The van der Waals surface area contributed by atoms with Crippen LogP contribution in [0.3, 0.4) is 0 Å². The van der Waals surface area contributed by atoms with Gasteiger partial charge in [-0.25, -0.2) is 0 Å². The van der Waals surface area contributed by atoms with Crippen LogP contribution in [0.1, 0.15) is 31.2 Å². The maximum absolute atomic E-state index is 9.01. The van der Waals surface area contributed by atoms with Gasteiger partial charge >= 0.3 is 0 Å². The molecule has 1 aliphatic rings. The Morgan fingerprint density at radius 3 is 2.88 bits per heavy atom. The molecule has 5 heteroatoms. The van der Waals surface area contributed by atoms with Crippen molar-refractivity contribution in [3.8, 4) is 6.07 Å². The molecule has 0 saturated heterocycles. The molecule has 86 valence electrons. The second kappa shape index (κ2) is 4.71. The summed E-state index contributed by atoms with van der Waals surface area (Å²) >= 11 is 1.32. The zero-order chi connectivity index (χ0) is 11.5. The summed E-state index contributed by atoms with van der Waals surface area (Å²) in [5.41, 5.74) is 6.18. The Bertz CT molecular complexity index is 401. The Morgan fingerprint density at radius 1 is 1.56 bits per heavy atom. The lowest BCUT2D eigenvalue weighted by atomic mass is 10.1. The highest BCUT2D eigenvalue weighted by Crippen LogP contribution is 2.32. The molecule has 0 radical (unpaired) electrons. The first-order chi connectivity index (χ1) is 7.72. The minimum atomic E-state index is 0.362. The molecule has 2 N–H and O–H groups in total. The fraction of sp³-hybridized carbons (Fsp3) is 0.636. The average molecular weight is 236 g/mol. The van der Waals surface area contributed by atoms with Crippen LogP contribution in [0.2, 0.25) is 0 Å². The van der Waals surface area contributed by atoms with E-state index in [9.17, 15) is 0 Å². The molecule has 0 atom stereocenters. The van der Waals surface area contributed by atoms with E-state index in [4.69, 9.17) is 11.0 Å². The van der Waals surface area contributed by atoms with Gasteiger partial charge in [0.25, 0.3) is 0 Å². The predicted octanol–water partition coefficient (Wildman–Crippen LogP) is 2.22. The van der Waals surface area contributed by atoms with Crippen LogP contribution < -0.4 is 10.6 Å². The third kappa shape index (κ3) is 2.12. The van der Waals surface area contributed by atoms with Gasteiger partial charge in [0.1, 0.15) is 16.6 Å². The number of nitrogen functional groups attached to an aromatic ring is 1. The van der Waals surface area contributed by atoms with E-state index < -0.39 is 0 Å². The molecule has 1 aromatic heterocycles. The topological polar surface area (TPSA) is 65.9 Å². The summed E-state index contributed by atoms with van der Waals surface area (Å²) in [6.07, 6.45) is 5.30. The van der Waals surface area contributed by atoms with Gasteiger partial charge in [0.2, 0.25) is 0 Å². The van der Waals surface area contributed by atoms with E-state index in [0.29, 0.717) is 11.4 Å². The van der Waals surface area contributed by atoms with Gasteiger partial charge in [-0.3, -0.25) is 0 Å². The van der Waals surface area contributed by atoms with Crippen molar-refractivity contribution in [3.63, 3.8) is 0 Å². The van der Waals surface area contributed by atoms with E-state index >= 15 is 0 Å². The summed E-state index contributed by atoms with van der Waals surface area (Å²) in [4.78, 5) is 2.13. The molecule has 0 bridgehead atoms. The fourth-order valence-electron chi connectivity index (χ4n) is 2.32. The van der Waals surface area contributed by atoms with E-state index in [0.717, 1.165) is 17.5 Å². The molecule has 2 rings (SSSR count). The summed E-state index contributed by atoms with van der Waals surface area (Å²) in [7, 11) is 2.02. The minimum Gasteiger partial charge on any atom is -0.382 e. The zero-order valence-electron chi connectivity index (χ0n) is 9.44. The average Bonchev–Trinajstić information content (AvgIpc) is 2.87. The Hall–Kier alpha value is -1.28. The van der Waals surface area contributed by atoms with Crippen molar-refractivity contribution in [2.75, 3.05) is 24.2 Å². The Morgan fingerprint density at radius 2 is 2.25 bits per heavy atom. The summed E-state index contributed by atoms with van der Waals surface area (Å²) < 4.78 is 4.04. The molecular weight excluding hydrogens is 220 g/mol. The van der Waals surface area contributed by atoms with Crippen LogP contribution in [-0.2, 0) is 0 Å². The van der Waals surface area contributed by atoms with Crippen molar-refractivity contribution in [3.05, 3.63) is 5.56 Å². The van der Waals surface area contributed by atoms with Crippen LogP contribution in [0.4, 0.5) is 10.8 Å². The number of anilines is 2. The second-order valence-corrected chi connectivity index (χ2v) is 5.14. The van der Waals surface area contributed by atoms with Crippen LogP contribution in [0, 0.1) is 17.2 Å². The number of rotatable bonds is 3. The van der Waals surface area contributed by atoms with Gasteiger partial charge in [-0.2, -0.15) is 9.64 Å². The number of hydrogen-bond donors (Lipinski definition) is 1. The van der Waals surface area contributed by atoms with Crippen LogP contribution in [-0.4, -0.2) is 18.0 Å². The van der Waals surface area contributed by atoms with Crippen molar-refractivity contribution < 1.29 is 0 Å². The lowest BCUT2D eigenvalue weighted by Crippen LogP contribution is -2.23. The van der Waals surface area contributed by atoms with Crippen LogP contribution in [0.25, 0.3) is 0 Å². The Kier molecular flexibility index (Phi) is 3.30. The summed E-state index contributed by atoms with van der Waals surface area (Å²) in [5.74, 6) is 1.13. The van der Waals surface area contributed by atoms with Crippen molar-refractivity contribution in [1.82, 2.24) is 4.37 Å². The lowest BCUT2D eigenvalue weighted by molar-refractivity contribution is 0.548. The number of nitrogens with zero attached hydrogens (tertiary/aromatic N) is 3. The van der Waals surface area contributed by atoms with E-state index in [1.807, 2.05) is 7.05 Å². The largest absolute Gasteiger partial charge is 0.382 e. The minimum absolute atomic E-state index is 0.362. The molecule has 0 aromatic carbocycles. The van der Waals surface area contributed by atoms with Gasteiger partial charge in [-0.15, -0.1) is 0 Å². The third-order valence-corrected chi connectivity index (χ3v) is 4.14. The molecule has 1 aromatic rings. The predicted molar refractivity (Wildman–Crippen MR) is 66.5 cm³/mol. The molecule has 4 nitrogen and oxygen atoms in total. The van der Waals surface area contributed by atoms with E-state index in [-0.39, 0.29) is 0 Å². The molecule has 0 aliphatic heterocycles. The molecule has 1 saturated carbocycles. The van der Waals surface area contributed by atoms with Crippen molar-refractivity contribution in [2.45, 2.75) is 25.7 Å². The molecule has 1 heterocycles. The summed E-state index contributed by atoms with van der Waals surface area (Å²) in [6.45, 7) is 1.01.